The van der Waals surface area contributed by atoms with Crippen LogP contribution in [0.2, 0.25) is 0 Å². The van der Waals surface area contributed by atoms with Crippen LogP contribution in [-0.4, -0.2) is 22.7 Å². The number of nitrogens with zero attached hydrogens (tertiary/aromatic N) is 2. The van der Waals surface area contributed by atoms with Crippen LogP contribution in [0.4, 0.5) is 0 Å². The second-order valence-electron chi connectivity index (χ2n) is 6.11. The Bertz CT molecular complexity index is 872. The standard InChI is InChI=1S/C19H20N2O4S/c1-12(2)15-7-6-14(9-13(15)3)23-11-18(22)24-10-17-20-19(21-25-17)16-5-4-8-26-16/h4-9,12H,10-11H2,1-3H3. The number of esters is 1. The summed E-state index contributed by atoms with van der Waals surface area (Å²) in [4.78, 5) is 16.9. The lowest BCUT2D eigenvalue weighted by Gasteiger charge is -2.12. The molecule has 3 aromatic rings. The summed E-state index contributed by atoms with van der Waals surface area (Å²) in [6, 6.07) is 9.61. The highest BCUT2D eigenvalue weighted by atomic mass is 32.1. The monoisotopic (exact) mass is 372 g/mol. The molecule has 0 atom stereocenters. The van der Waals surface area contributed by atoms with Crippen molar-refractivity contribution >= 4 is 17.3 Å². The van der Waals surface area contributed by atoms with Crippen molar-refractivity contribution in [3.8, 4) is 16.5 Å². The Morgan fingerprint density at radius 3 is 2.85 bits per heavy atom. The number of aromatic nitrogens is 2. The molecule has 0 aliphatic rings. The fraction of sp³-hybridized carbons (Fsp3) is 0.316. The molecule has 2 aromatic heterocycles. The van der Waals surface area contributed by atoms with Crippen LogP contribution in [0, 0.1) is 6.92 Å². The molecule has 0 aliphatic carbocycles. The van der Waals surface area contributed by atoms with Gasteiger partial charge in [0.25, 0.3) is 5.89 Å². The summed E-state index contributed by atoms with van der Waals surface area (Å²) in [6.07, 6.45) is 0. The van der Waals surface area contributed by atoms with E-state index in [0.29, 0.717) is 17.5 Å². The largest absolute Gasteiger partial charge is 0.482 e. The molecule has 0 saturated heterocycles. The van der Waals surface area contributed by atoms with Gasteiger partial charge in [0.05, 0.1) is 4.88 Å². The number of benzene rings is 1. The van der Waals surface area contributed by atoms with Gasteiger partial charge in [0.15, 0.2) is 13.2 Å². The zero-order valence-corrected chi connectivity index (χ0v) is 15.7. The zero-order chi connectivity index (χ0) is 18.5. The minimum absolute atomic E-state index is 0.0775. The van der Waals surface area contributed by atoms with Crippen molar-refractivity contribution in [2.75, 3.05) is 6.61 Å². The molecule has 2 heterocycles. The Morgan fingerprint density at radius 1 is 1.31 bits per heavy atom. The highest BCUT2D eigenvalue weighted by Gasteiger charge is 2.12. The molecule has 7 heteroatoms. The topological polar surface area (TPSA) is 74.5 Å². The predicted molar refractivity (Wildman–Crippen MR) is 98.2 cm³/mol. The molecule has 0 saturated carbocycles. The van der Waals surface area contributed by atoms with E-state index in [4.69, 9.17) is 14.0 Å². The number of rotatable bonds is 7. The lowest BCUT2D eigenvalue weighted by molar-refractivity contribution is -0.148. The molecule has 0 unspecified atom stereocenters. The van der Waals surface area contributed by atoms with Crippen LogP contribution in [0.5, 0.6) is 5.75 Å². The van der Waals surface area contributed by atoms with Crippen molar-refractivity contribution in [3.63, 3.8) is 0 Å². The van der Waals surface area contributed by atoms with Crippen LogP contribution in [0.15, 0.2) is 40.2 Å². The normalized spacial score (nSPS) is 10.9. The lowest BCUT2D eigenvalue weighted by atomic mass is 9.98. The number of thiophene rings is 1. The average Bonchev–Trinajstić information content (AvgIpc) is 3.29. The molecule has 26 heavy (non-hydrogen) atoms. The number of carbonyl (C=O) groups excluding carboxylic acids is 1. The summed E-state index contributed by atoms with van der Waals surface area (Å²) in [7, 11) is 0. The first-order valence-electron chi connectivity index (χ1n) is 8.28. The molecular formula is C19H20N2O4S. The van der Waals surface area contributed by atoms with E-state index in [1.807, 2.05) is 42.6 Å². The van der Waals surface area contributed by atoms with Crippen LogP contribution in [0.3, 0.4) is 0 Å². The Hall–Kier alpha value is -2.67. The molecular weight excluding hydrogens is 352 g/mol. The third-order valence-corrected chi connectivity index (χ3v) is 4.65. The average molecular weight is 372 g/mol. The van der Waals surface area contributed by atoms with Crippen LogP contribution in [0.1, 0.15) is 36.8 Å². The van der Waals surface area contributed by atoms with E-state index >= 15 is 0 Å². The van der Waals surface area contributed by atoms with Crippen molar-refractivity contribution < 1.29 is 18.8 Å². The summed E-state index contributed by atoms with van der Waals surface area (Å²) < 4.78 is 15.7. The number of aryl methyl sites for hydroxylation is 1. The third kappa shape index (κ3) is 4.49. The molecule has 1 aromatic carbocycles. The van der Waals surface area contributed by atoms with E-state index in [9.17, 15) is 4.79 Å². The first-order chi connectivity index (χ1) is 12.5. The maximum Gasteiger partial charge on any atom is 0.344 e. The van der Waals surface area contributed by atoms with Gasteiger partial charge in [-0.25, -0.2) is 4.79 Å². The van der Waals surface area contributed by atoms with Crippen molar-refractivity contribution in [1.29, 1.82) is 0 Å². The van der Waals surface area contributed by atoms with E-state index in [1.54, 1.807) is 0 Å². The molecule has 0 bridgehead atoms. The van der Waals surface area contributed by atoms with Gasteiger partial charge in [-0.05, 0) is 47.5 Å². The molecule has 0 N–H and O–H groups in total. The van der Waals surface area contributed by atoms with Gasteiger partial charge in [-0.3, -0.25) is 0 Å². The summed E-state index contributed by atoms with van der Waals surface area (Å²) in [5, 5.41) is 5.79. The third-order valence-electron chi connectivity index (χ3n) is 3.79. The maximum atomic E-state index is 11.9. The summed E-state index contributed by atoms with van der Waals surface area (Å²) in [6.45, 7) is 6.06. The van der Waals surface area contributed by atoms with E-state index < -0.39 is 5.97 Å². The molecule has 0 amide bonds. The van der Waals surface area contributed by atoms with Gasteiger partial charge in [0, 0.05) is 0 Å². The van der Waals surface area contributed by atoms with Crippen LogP contribution < -0.4 is 4.74 Å². The van der Waals surface area contributed by atoms with Crippen LogP contribution in [-0.2, 0) is 16.1 Å². The Labute approximate surface area is 155 Å². The van der Waals surface area contributed by atoms with Gasteiger partial charge < -0.3 is 14.0 Å². The summed E-state index contributed by atoms with van der Waals surface area (Å²) in [5.41, 5.74) is 2.40. The fourth-order valence-electron chi connectivity index (χ4n) is 2.53. The van der Waals surface area contributed by atoms with Crippen LogP contribution >= 0.6 is 11.3 Å². The Balaban J connectivity index is 1.48. The molecule has 0 fully saturated rings. The number of hydrogen-bond donors (Lipinski definition) is 0. The molecule has 3 rings (SSSR count). The van der Waals surface area contributed by atoms with Crippen LogP contribution in [0.25, 0.3) is 10.7 Å². The molecule has 6 nitrogen and oxygen atoms in total. The van der Waals surface area contributed by atoms with Crippen molar-refractivity contribution in [3.05, 3.63) is 52.7 Å². The highest BCUT2D eigenvalue weighted by molar-refractivity contribution is 7.13. The van der Waals surface area contributed by atoms with Gasteiger partial charge in [0.1, 0.15) is 5.75 Å². The minimum Gasteiger partial charge on any atom is -0.482 e. The predicted octanol–water partition coefficient (Wildman–Crippen LogP) is 4.35. The molecule has 0 spiro atoms. The maximum absolute atomic E-state index is 11.9. The minimum atomic E-state index is -0.494. The molecule has 0 aliphatic heterocycles. The fourth-order valence-corrected chi connectivity index (χ4v) is 3.18. The summed E-state index contributed by atoms with van der Waals surface area (Å²) in [5.74, 6) is 1.33. The second kappa shape index (κ2) is 8.14. The van der Waals surface area contributed by atoms with E-state index in [0.717, 1.165) is 10.4 Å². The number of ether oxygens (including phenoxy) is 2. The van der Waals surface area contributed by atoms with Gasteiger partial charge in [-0.1, -0.05) is 31.1 Å². The van der Waals surface area contributed by atoms with Gasteiger partial charge in [0.2, 0.25) is 5.82 Å². The zero-order valence-electron chi connectivity index (χ0n) is 14.9. The quantitative estimate of drug-likeness (QED) is 0.574. The molecule has 0 radical (unpaired) electrons. The number of carbonyl (C=O) groups is 1. The number of hydrogen-bond acceptors (Lipinski definition) is 7. The molecule has 136 valence electrons. The second-order valence-corrected chi connectivity index (χ2v) is 7.06. The van der Waals surface area contributed by atoms with E-state index in [1.165, 1.54) is 16.9 Å². The smallest absolute Gasteiger partial charge is 0.344 e. The first-order valence-corrected chi connectivity index (χ1v) is 9.16. The first kappa shape index (κ1) is 18.1. The van der Waals surface area contributed by atoms with E-state index in [-0.39, 0.29) is 19.1 Å². The highest BCUT2D eigenvalue weighted by Crippen LogP contribution is 2.24. The van der Waals surface area contributed by atoms with Crippen molar-refractivity contribution in [1.82, 2.24) is 10.1 Å². The lowest BCUT2D eigenvalue weighted by Crippen LogP contribution is -2.15. The Kier molecular flexibility index (Phi) is 5.68. The van der Waals surface area contributed by atoms with E-state index in [2.05, 4.69) is 24.0 Å². The Morgan fingerprint density at radius 2 is 2.15 bits per heavy atom. The van der Waals surface area contributed by atoms with Gasteiger partial charge >= 0.3 is 5.97 Å². The van der Waals surface area contributed by atoms with Crippen molar-refractivity contribution in [2.45, 2.75) is 33.3 Å². The van der Waals surface area contributed by atoms with Crippen molar-refractivity contribution in [2.24, 2.45) is 0 Å². The summed E-state index contributed by atoms with van der Waals surface area (Å²) >= 11 is 1.51. The SMILES string of the molecule is Cc1cc(OCC(=O)OCc2nc(-c3cccs3)no2)ccc1C(C)C. The van der Waals surface area contributed by atoms with Gasteiger partial charge in [-0.15, -0.1) is 11.3 Å². The van der Waals surface area contributed by atoms with Gasteiger partial charge in [-0.2, -0.15) is 4.98 Å².